The molecule has 1 aromatic rings. The van der Waals surface area contributed by atoms with Gasteiger partial charge in [-0.15, -0.1) is 0 Å². The highest BCUT2D eigenvalue weighted by atomic mass is 32.2. The molecule has 2 heterocycles. The summed E-state index contributed by atoms with van der Waals surface area (Å²) in [5.41, 5.74) is 0. The fraction of sp³-hybridized carbons (Fsp3) is 0.600. The molecule has 1 aromatic heterocycles. The van der Waals surface area contributed by atoms with Crippen LogP contribution in [-0.4, -0.2) is 34.1 Å². The molecule has 0 aliphatic carbocycles. The summed E-state index contributed by atoms with van der Waals surface area (Å²) in [5.74, 6) is 3.31. The molecule has 1 saturated heterocycles. The average Bonchev–Trinajstić information content (AvgIpc) is 2.44. The van der Waals surface area contributed by atoms with E-state index in [1.54, 1.807) is 0 Å². The van der Waals surface area contributed by atoms with Crippen molar-refractivity contribution in [3.63, 3.8) is 0 Å². The van der Waals surface area contributed by atoms with Crippen LogP contribution in [-0.2, 0) is 0 Å². The van der Waals surface area contributed by atoms with E-state index in [4.69, 9.17) is 0 Å². The molecule has 4 heteroatoms. The molecule has 0 N–H and O–H groups in total. The van der Waals surface area contributed by atoms with Crippen LogP contribution >= 0.6 is 11.8 Å². The second-order valence-electron chi connectivity index (χ2n) is 3.49. The van der Waals surface area contributed by atoms with Crippen LogP contribution in [0.5, 0.6) is 0 Å². The van der Waals surface area contributed by atoms with Crippen LogP contribution in [0.3, 0.4) is 0 Å². The van der Waals surface area contributed by atoms with Crippen LogP contribution < -0.4 is 4.90 Å². The highest BCUT2D eigenvalue weighted by Crippen LogP contribution is 2.19. The molecule has 1 atom stereocenters. The van der Waals surface area contributed by atoms with E-state index in [0.717, 1.165) is 12.5 Å². The number of anilines is 1. The lowest BCUT2D eigenvalue weighted by Gasteiger charge is -2.26. The van der Waals surface area contributed by atoms with E-state index in [-0.39, 0.29) is 0 Å². The number of thioether (sulfide) groups is 1. The Labute approximate surface area is 88.9 Å². The van der Waals surface area contributed by atoms with Gasteiger partial charge in [0.25, 0.3) is 0 Å². The highest BCUT2D eigenvalue weighted by molar-refractivity contribution is 7.99. The predicted octanol–water partition coefficient (Wildman–Crippen LogP) is 1.81. The van der Waals surface area contributed by atoms with Crippen molar-refractivity contribution >= 4 is 17.7 Å². The Balaban J connectivity index is 2.15. The lowest BCUT2D eigenvalue weighted by atomic mass is 10.2. The van der Waals surface area contributed by atoms with Gasteiger partial charge in [0.2, 0.25) is 5.95 Å². The van der Waals surface area contributed by atoms with E-state index in [1.165, 1.54) is 17.9 Å². The molecule has 76 valence electrons. The van der Waals surface area contributed by atoms with Gasteiger partial charge in [-0.3, -0.25) is 0 Å². The summed E-state index contributed by atoms with van der Waals surface area (Å²) >= 11 is 2.02. The number of hydrogen-bond acceptors (Lipinski definition) is 4. The molecule has 0 radical (unpaired) electrons. The third kappa shape index (κ3) is 2.18. The van der Waals surface area contributed by atoms with Gasteiger partial charge in [-0.05, 0) is 25.2 Å². The topological polar surface area (TPSA) is 29.0 Å². The van der Waals surface area contributed by atoms with Gasteiger partial charge in [-0.2, -0.15) is 11.8 Å². The van der Waals surface area contributed by atoms with Crippen molar-refractivity contribution in [3.8, 4) is 0 Å². The maximum absolute atomic E-state index is 4.30. The van der Waals surface area contributed by atoms with E-state index in [2.05, 4.69) is 21.8 Å². The second-order valence-corrected chi connectivity index (χ2v) is 4.72. The Morgan fingerprint density at radius 2 is 2.14 bits per heavy atom. The molecule has 0 aromatic carbocycles. The maximum atomic E-state index is 4.30. The smallest absolute Gasteiger partial charge is 0.225 e. The van der Waals surface area contributed by atoms with Crippen molar-refractivity contribution in [2.45, 2.75) is 19.4 Å². The molecule has 0 saturated carbocycles. The summed E-state index contributed by atoms with van der Waals surface area (Å²) in [4.78, 5) is 10.9. The van der Waals surface area contributed by atoms with Gasteiger partial charge in [-0.1, -0.05) is 0 Å². The Hall–Kier alpha value is -0.770. The van der Waals surface area contributed by atoms with E-state index in [1.807, 2.05) is 30.2 Å². The minimum Gasteiger partial charge on any atom is -0.337 e. The van der Waals surface area contributed by atoms with Crippen LogP contribution in [0.4, 0.5) is 5.95 Å². The summed E-state index contributed by atoms with van der Waals surface area (Å²) in [6.45, 7) is 3.32. The molecule has 1 aliphatic heterocycles. The van der Waals surface area contributed by atoms with Crippen LogP contribution in [0.2, 0.25) is 0 Å². The zero-order valence-corrected chi connectivity index (χ0v) is 9.20. The molecular formula is C10H15N3S. The molecule has 14 heavy (non-hydrogen) atoms. The number of rotatable bonds is 1. The fourth-order valence-corrected chi connectivity index (χ4v) is 2.67. The van der Waals surface area contributed by atoms with Crippen molar-refractivity contribution < 1.29 is 0 Å². The Kier molecular flexibility index (Phi) is 3.24. The summed E-state index contributed by atoms with van der Waals surface area (Å²) in [7, 11) is 0. The van der Waals surface area contributed by atoms with E-state index < -0.39 is 0 Å². The van der Waals surface area contributed by atoms with Crippen molar-refractivity contribution in [3.05, 3.63) is 18.5 Å². The monoisotopic (exact) mass is 209 g/mol. The zero-order valence-electron chi connectivity index (χ0n) is 8.39. The maximum Gasteiger partial charge on any atom is 0.225 e. The van der Waals surface area contributed by atoms with Gasteiger partial charge in [0, 0.05) is 30.7 Å². The van der Waals surface area contributed by atoms with Gasteiger partial charge in [-0.25, -0.2) is 9.97 Å². The minimum absolute atomic E-state index is 0.562. The molecule has 1 fully saturated rings. The number of hydrogen-bond donors (Lipinski definition) is 0. The van der Waals surface area contributed by atoms with Crippen molar-refractivity contribution in [1.29, 1.82) is 0 Å². The lowest BCUT2D eigenvalue weighted by Crippen LogP contribution is -2.35. The minimum atomic E-state index is 0.562. The quantitative estimate of drug-likeness (QED) is 0.705. The number of nitrogens with zero attached hydrogens (tertiary/aromatic N) is 3. The normalized spacial score (nSPS) is 23.2. The second kappa shape index (κ2) is 4.64. The molecule has 0 spiro atoms. The summed E-state index contributed by atoms with van der Waals surface area (Å²) in [6.07, 6.45) is 4.85. The Morgan fingerprint density at radius 3 is 2.93 bits per heavy atom. The van der Waals surface area contributed by atoms with Crippen molar-refractivity contribution in [2.75, 3.05) is 23.0 Å². The Bertz CT molecular complexity index is 278. The summed E-state index contributed by atoms with van der Waals surface area (Å²) in [6, 6.07) is 2.42. The van der Waals surface area contributed by atoms with Crippen molar-refractivity contribution in [2.24, 2.45) is 0 Å². The molecule has 0 bridgehead atoms. The van der Waals surface area contributed by atoms with Crippen LogP contribution in [0.1, 0.15) is 13.3 Å². The van der Waals surface area contributed by atoms with Gasteiger partial charge < -0.3 is 4.90 Å². The molecule has 3 nitrogen and oxygen atoms in total. The third-order valence-corrected chi connectivity index (χ3v) is 3.49. The molecule has 0 amide bonds. The highest BCUT2D eigenvalue weighted by Gasteiger charge is 2.18. The average molecular weight is 209 g/mol. The van der Waals surface area contributed by atoms with Gasteiger partial charge >= 0.3 is 0 Å². The van der Waals surface area contributed by atoms with Gasteiger partial charge in [0.15, 0.2) is 0 Å². The van der Waals surface area contributed by atoms with Crippen LogP contribution in [0, 0.1) is 0 Å². The SMILES string of the molecule is CC1CCSCCN1c1ncccn1. The van der Waals surface area contributed by atoms with Crippen LogP contribution in [0.25, 0.3) is 0 Å². The summed E-state index contributed by atoms with van der Waals surface area (Å²) in [5, 5.41) is 0. The van der Waals surface area contributed by atoms with E-state index >= 15 is 0 Å². The first kappa shape index (κ1) is 9.77. The molecule has 2 rings (SSSR count). The first-order valence-corrected chi connectivity index (χ1v) is 6.15. The van der Waals surface area contributed by atoms with Gasteiger partial charge in [0.05, 0.1) is 0 Å². The Morgan fingerprint density at radius 1 is 1.36 bits per heavy atom. The fourth-order valence-electron chi connectivity index (χ4n) is 1.63. The first-order valence-electron chi connectivity index (χ1n) is 4.99. The zero-order chi connectivity index (χ0) is 9.80. The number of aromatic nitrogens is 2. The predicted molar refractivity (Wildman–Crippen MR) is 60.8 cm³/mol. The van der Waals surface area contributed by atoms with E-state index in [0.29, 0.717) is 6.04 Å². The van der Waals surface area contributed by atoms with Gasteiger partial charge in [0.1, 0.15) is 0 Å². The standard InChI is InChI=1S/C10H15N3S/c1-9-3-7-14-8-6-13(9)10-11-4-2-5-12-10/h2,4-5,9H,3,6-8H2,1H3. The van der Waals surface area contributed by atoms with E-state index in [9.17, 15) is 0 Å². The third-order valence-electron chi connectivity index (χ3n) is 2.50. The largest absolute Gasteiger partial charge is 0.337 e. The van der Waals surface area contributed by atoms with Crippen molar-refractivity contribution in [1.82, 2.24) is 9.97 Å². The van der Waals surface area contributed by atoms with Crippen LogP contribution in [0.15, 0.2) is 18.5 Å². The first-order chi connectivity index (χ1) is 6.88. The molecule has 1 unspecified atom stereocenters. The summed E-state index contributed by atoms with van der Waals surface area (Å²) < 4.78 is 0. The molecular weight excluding hydrogens is 194 g/mol. The molecule has 1 aliphatic rings. The lowest BCUT2D eigenvalue weighted by molar-refractivity contribution is 0.629.